The molecule has 2 N–H and O–H groups in total. The van der Waals surface area contributed by atoms with Crippen molar-refractivity contribution < 1.29 is 14.6 Å². The molecule has 19 heavy (non-hydrogen) atoms. The Balaban J connectivity index is 2.29. The number of halogens is 1. The average Bonchev–Trinajstić information content (AvgIpc) is 2.36. The van der Waals surface area contributed by atoms with Crippen molar-refractivity contribution in [3.63, 3.8) is 0 Å². The van der Waals surface area contributed by atoms with Gasteiger partial charge in [0.1, 0.15) is 5.75 Å². The Labute approximate surface area is 122 Å². The van der Waals surface area contributed by atoms with Crippen LogP contribution >= 0.6 is 15.9 Å². The van der Waals surface area contributed by atoms with Gasteiger partial charge in [0.2, 0.25) is 0 Å². The molecule has 106 valence electrons. The predicted octanol–water partition coefficient (Wildman–Crippen LogP) is 2.95. The number of phenols is 1. The van der Waals surface area contributed by atoms with Crippen molar-refractivity contribution in [1.82, 2.24) is 5.32 Å². The summed E-state index contributed by atoms with van der Waals surface area (Å²) in [6.07, 6.45) is 0.757. The minimum Gasteiger partial charge on any atom is -0.507 e. The number of phenolic OH excluding ortho intramolecular Hbond substituents is 1. The molecular weight excluding hydrogens is 310 g/mol. The summed E-state index contributed by atoms with van der Waals surface area (Å²) in [5.41, 5.74) is 0.275. The van der Waals surface area contributed by atoms with Gasteiger partial charge in [0.25, 0.3) is 5.91 Å². The minimum absolute atomic E-state index is 0.0169. The number of nitrogens with one attached hydrogen (secondary N) is 1. The first kappa shape index (κ1) is 16.0. The quantitative estimate of drug-likeness (QED) is 0.756. The lowest BCUT2D eigenvalue weighted by atomic mass is 10.2. The Bertz CT molecular complexity index is 421. The number of carbonyl (C=O) groups is 1. The normalized spacial score (nSPS) is 10.7. The standard InChI is InChI=1S/C14H20BrNO3/c1-10(2)9-19-7-3-6-16-14(18)12-8-11(15)4-5-13(12)17/h4-5,8,10,17H,3,6-7,9H2,1-2H3,(H,16,18). The predicted molar refractivity (Wildman–Crippen MR) is 78.4 cm³/mol. The molecule has 0 fully saturated rings. The summed E-state index contributed by atoms with van der Waals surface area (Å²) in [6.45, 7) is 6.09. The fourth-order valence-electron chi connectivity index (χ4n) is 1.48. The van der Waals surface area contributed by atoms with E-state index in [-0.39, 0.29) is 17.2 Å². The number of rotatable bonds is 7. The molecule has 4 nitrogen and oxygen atoms in total. The summed E-state index contributed by atoms with van der Waals surface area (Å²) in [6, 6.07) is 4.77. The maximum absolute atomic E-state index is 11.8. The van der Waals surface area contributed by atoms with Gasteiger partial charge >= 0.3 is 0 Å². The summed E-state index contributed by atoms with van der Waals surface area (Å²) in [4.78, 5) is 11.8. The molecular formula is C14H20BrNO3. The zero-order chi connectivity index (χ0) is 14.3. The lowest BCUT2D eigenvalue weighted by Crippen LogP contribution is -2.25. The van der Waals surface area contributed by atoms with Gasteiger partial charge in [-0.2, -0.15) is 0 Å². The van der Waals surface area contributed by atoms with Gasteiger partial charge in [0.05, 0.1) is 5.56 Å². The van der Waals surface area contributed by atoms with Gasteiger partial charge in [-0.1, -0.05) is 29.8 Å². The van der Waals surface area contributed by atoms with E-state index in [0.29, 0.717) is 19.1 Å². The minimum atomic E-state index is -0.275. The molecule has 0 heterocycles. The van der Waals surface area contributed by atoms with E-state index in [1.807, 2.05) is 0 Å². The van der Waals surface area contributed by atoms with Crippen LogP contribution in [0.25, 0.3) is 0 Å². The van der Waals surface area contributed by atoms with Crippen molar-refractivity contribution in [3.05, 3.63) is 28.2 Å². The van der Waals surface area contributed by atoms with Gasteiger partial charge < -0.3 is 15.2 Å². The molecule has 1 aromatic carbocycles. The number of carbonyl (C=O) groups excluding carboxylic acids is 1. The van der Waals surface area contributed by atoms with Crippen LogP contribution < -0.4 is 5.32 Å². The highest BCUT2D eigenvalue weighted by Gasteiger charge is 2.10. The third-order valence-electron chi connectivity index (χ3n) is 2.41. The molecule has 0 saturated heterocycles. The third kappa shape index (κ3) is 6.07. The highest BCUT2D eigenvalue weighted by atomic mass is 79.9. The van der Waals surface area contributed by atoms with E-state index in [0.717, 1.165) is 17.5 Å². The second-order valence-corrected chi connectivity index (χ2v) is 5.66. The molecule has 0 unspecified atom stereocenters. The van der Waals surface area contributed by atoms with E-state index in [4.69, 9.17) is 4.74 Å². The largest absolute Gasteiger partial charge is 0.507 e. The lowest BCUT2D eigenvalue weighted by Gasteiger charge is -2.09. The van der Waals surface area contributed by atoms with E-state index < -0.39 is 0 Å². The Morgan fingerprint density at radius 1 is 1.47 bits per heavy atom. The van der Waals surface area contributed by atoms with Crippen LogP contribution in [0.3, 0.4) is 0 Å². The van der Waals surface area contributed by atoms with Crippen molar-refractivity contribution in [1.29, 1.82) is 0 Å². The molecule has 0 atom stereocenters. The highest BCUT2D eigenvalue weighted by Crippen LogP contribution is 2.21. The number of aromatic hydroxyl groups is 1. The number of benzene rings is 1. The molecule has 0 radical (unpaired) electrons. The van der Waals surface area contributed by atoms with Crippen LogP contribution in [-0.4, -0.2) is 30.8 Å². The molecule has 1 rings (SSSR count). The molecule has 1 aromatic rings. The van der Waals surface area contributed by atoms with Gasteiger partial charge in [-0.3, -0.25) is 4.79 Å². The van der Waals surface area contributed by atoms with Crippen molar-refractivity contribution >= 4 is 21.8 Å². The summed E-state index contributed by atoms with van der Waals surface area (Å²) in [7, 11) is 0. The Morgan fingerprint density at radius 2 is 2.21 bits per heavy atom. The average molecular weight is 330 g/mol. The molecule has 1 amide bonds. The van der Waals surface area contributed by atoms with Gasteiger partial charge in [0, 0.05) is 24.2 Å². The maximum atomic E-state index is 11.8. The SMILES string of the molecule is CC(C)COCCCNC(=O)c1cc(Br)ccc1O. The van der Waals surface area contributed by atoms with E-state index in [1.54, 1.807) is 12.1 Å². The smallest absolute Gasteiger partial charge is 0.255 e. The Hall–Kier alpha value is -1.07. The molecule has 0 saturated carbocycles. The first-order chi connectivity index (χ1) is 9.00. The van der Waals surface area contributed by atoms with Crippen molar-refractivity contribution in [2.24, 2.45) is 5.92 Å². The van der Waals surface area contributed by atoms with Gasteiger partial charge in [-0.25, -0.2) is 0 Å². The van der Waals surface area contributed by atoms with E-state index in [2.05, 4.69) is 35.1 Å². The highest BCUT2D eigenvalue weighted by molar-refractivity contribution is 9.10. The number of amides is 1. The second kappa shape index (κ2) is 8.17. The summed E-state index contributed by atoms with van der Waals surface area (Å²) in [5.74, 6) is 0.229. The monoisotopic (exact) mass is 329 g/mol. The van der Waals surface area contributed by atoms with E-state index >= 15 is 0 Å². The van der Waals surface area contributed by atoms with Crippen LogP contribution in [0.2, 0.25) is 0 Å². The number of hydrogen-bond donors (Lipinski definition) is 2. The van der Waals surface area contributed by atoms with Gasteiger partial charge in [0.15, 0.2) is 0 Å². The maximum Gasteiger partial charge on any atom is 0.255 e. The van der Waals surface area contributed by atoms with Crippen molar-refractivity contribution in [3.8, 4) is 5.75 Å². The van der Waals surface area contributed by atoms with Crippen LogP contribution in [0, 0.1) is 5.92 Å². The van der Waals surface area contributed by atoms with Gasteiger partial charge in [-0.15, -0.1) is 0 Å². The zero-order valence-electron chi connectivity index (χ0n) is 11.3. The van der Waals surface area contributed by atoms with Gasteiger partial charge in [-0.05, 0) is 30.5 Å². The molecule has 5 heteroatoms. The van der Waals surface area contributed by atoms with Crippen molar-refractivity contribution in [2.75, 3.05) is 19.8 Å². The molecule has 0 aromatic heterocycles. The topological polar surface area (TPSA) is 58.6 Å². The van der Waals surface area contributed by atoms with Crippen LogP contribution in [0.4, 0.5) is 0 Å². The zero-order valence-corrected chi connectivity index (χ0v) is 12.9. The fourth-order valence-corrected chi connectivity index (χ4v) is 1.84. The van der Waals surface area contributed by atoms with Crippen LogP contribution in [0.5, 0.6) is 5.75 Å². The van der Waals surface area contributed by atoms with Crippen LogP contribution in [0.15, 0.2) is 22.7 Å². The van der Waals surface area contributed by atoms with Crippen LogP contribution in [-0.2, 0) is 4.74 Å². The summed E-state index contributed by atoms with van der Waals surface area (Å²) < 4.78 is 6.18. The molecule has 0 spiro atoms. The third-order valence-corrected chi connectivity index (χ3v) is 2.90. The molecule has 0 aliphatic rings. The summed E-state index contributed by atoms with van der Waals surface area (Å²) in [5, 5.41) is 12.4. The molecule has 0 aliphatic carbocycles. The number of hydrogen-bond acceptors (Lipinski definition) is 3. The Morgan fingerprint density at radius 3 is 2.89 bits per heavy atom. The van der Waals surface area contributed by atoms with E-state index in [1.165, 1.54) is 6.07 Å². The fraction of sp³-hybridized carbons (Fsp3) is 0.500. The number of ether oxygens (including phenoxy) is 1. The first-order valence-corrected chi connectivity index (χ1v) is 7.14. The second-order valence-electron chi connectivity index (χ2n) is 4.74. The van der Waals surface area contributed by atoms with Crippen molar-refractivity contribution in [2.45, 2.75) is 20.3 Å². The van der Waals surface area contributed by atoms with Crippen LogP contribution in [0.1, 0.15) is 30.6 Å². The summed E-state index contributed by atoms with van der Waals surface area (Å²) >= 11 is 3.27. The Kier molecular flexibility index (Phi) is 6.87. The first-order valence-electron chi connectivity index (χ1n) is 6.35. The lowest BCUT2D eigenvalue weighted by molar-refractivity contribution is 0.0922. The molecule has 0 aliphatic heterocycles. The van der Waals surface area contributed by atoms with E-state index in [9.17, 15) is 9.90 Å². The molecule has 0 bridgehead atoms.